The minimum atomic E-state index is -0.168. The largest absolute Gasteiger partial charge is 0.354 e. The van der Waals surface area contributed by atoms with Gasteiger partial charge in [0.2, 0.25) is 5.91 Å². The Balaban J connectivity index is 1.33. The minimum absolute atomic E-state index is 0.0469. The Bertz CT molecular complexity index is 1020. The molecular formula is C22H21ClN4O2. The predicted octanol–water partition coefficient (Wildman–Crippen LogP) is 3.02. The summed E-state index contributed by atoms with van der Waals surface area (Å²) in [5, 5.41) is 8.10. The van der Waals surface area contributed by atoms with Crippen LogP contribution in [0, 0.1) is 0 Å². The molecule has 0 radical (unpaired) electrons. The molecule has 0 atom stereocenters. The molecule has 29 heavy (non-hydrogen) atoms. The van der Waals surface area contributed by atoms with Crippen molar-refractivity contribution in [2.45, 2.75) is 13.0 Å². The first-order valence-electron chi connectivity index (χ1n) is 9.54. The summed E-state index contributed by atoms with van der Waals surface area (Å²) in [6.45, 7) is 1.60. The van der Waals surface area contributed by atoms with Gasteiger partial charge in [0.1, 0.15) is 5.69 Å². The van der Waals surface area contributed by atoms with Crippen molar-refractivity contribution in [3.8, 4) is 11.3 Å². The maximum Gasteiger partial charge on any atom is 0.272 e. The Hall–Kier alpha value is -3.12. The fourth-order valence-corrected chi connectivity index (χ4v) is 3.49. The highest BCUT2D eigenvalue weighted by Gasteiger charge is 2.27. The van der Waals surface area contributed by atoms with Gasteiger partial charge in [0.15, 0.2) is 0 Å². The lowest BCUT2D eigenvalue weighted by Gasteiger charge is -2.26. The van der Waals surface area contributed by atoms with E-state index in [1.165, 1.54) is 0 Å². The molecule has 2 heterocycles. The Morgan fingerprint density at radius 1 is 1.07 bits per heavy atom. The molecule has 7 heteroatoms. The molecule has 4 rings (SSSR count). The van der Waals surface area contributed by atoms with E-state index in [4.69, 9.17) is 11.6 Å². The van der Waals surface area contributed by atoms with Crippen molar-refractivity contribution in [1.82, 2.24) is 20.0 Å². The molecule has 0 fully saturated rings. The van der Waals surface area contributed by atoms with E-state index in [0.717, 1.165) is 16.8 Å². The van der Waals surface area contributed by atoms with Crippen molar-refractivity contribution >= 4 is 23.4 Å². The Morgan fingerprint density at radius 3 is 2.59 bits per heavy atom. The Labute approximate surface area is 174 Å². The zero-order valence-corrected chi connectivity index (χ0v) is 16.6. The molecule has 2 amide bonds. The van der Waals surface area contributed by atoms with E-state index in [1.54, 1.807) is 15.6 Å². The van der Waals surface area contributed by atoms with Gasteiger partial charge >= 0.3 is 0 Å². The number of carbonyl (C=O) groups excluding carboxylic acids is 2. The monoisotopic (exact) mass is 408 g/mol. The van der Waals surface area contributed by atoms with Crippen molar-refractivity contribution in [2.75, 3.05) is 19.6 Å². The predicted molar refractivity (Wildman–Crippen MR) is 112 cm³/mol. The number of hydrogen-bond donors (Lipinski definition) is 1. The first kappa shape index (κ1) is 19.2. The summed E-state index contributed by atoms with van der Waals surface area (Å²) in [7, 11) is 0. The number of nitrogens with zero attached hydrogens (tertiary/aromatic N) is 3. The van der Waals surface area contributed by atoms with Gasteiger partial charge in [0, 0.05) is 23.7 Å². The summed E-state index contributed by atoms with van der Waals surface area (Å²) in [5.74, 6) is -0.331. The number of benzene rings is 2. The third-order valence-electron chi connectivity index (χ3n) is 4.92. The molecule has 0 saturated carbocycles. The molecule has 6 nitrogen and oxygen atoms in total. The summed E-state index contributed by atoms with van der Waals surface area (Å²) >= 11 is 5.88. The molecule has 148 valence electrons. The zero-order valence-electron chi connectivity index (χ0n) is 15.8. The number of aromatic nitrogens is 2. The lowest BCUT2D eigenvalue weighted by Crippen LogP contribution is -2.46. The highest BCUT2D eigenvalue weighted by atomic mass is 35.5. The van der Waals surface area contributed by atoms with Crippen LogP contribution in [0.25, 0.3) is 11.3 Å². The van der Waals surface area contributed by atoms with Crippen LogP contribution in [0.4, 0.5) is 0 Å². The number of amides is 2. The van der Waals surface area contributed by atoms with Crippen LogP contribution in [0.3, 0.4) is 0 Å². The average Bonchev–Trinajstić information content (AvgIpc) is 3.18. The van der Waals surface area contributed by atoms with Gasteiger partial charge in [0.05, 0.1) is 18.8 Å². The quantitative estimate of drug-likeness (QED) is 0.681. The Morgan fingerprint density at radius 2 is 1.83 bits per heavy atom. The number of hydrogen-bond acceptors (Lipinski definition) is 3. The van der Waals surface area contributed by atoms with E-state index in [9.17, 15) is 9.59 Å². The fraction of sp³-hybridized carbons (Fsp3) is 0.227. The summed E-state index contributed by atoms with van der Waals surface area (Å²) in [6, 6.07) is 19.1. The van der Waals surface area contributed by atoms with Gasteiger partial charge in [-0.15, -0.1) is 0 Å². The van der Waals surface area contributed by atoms with E-state index in [-0.39, 0.29) is 18.4 Å². The van der Waals surface area contributed by atoms with E-state index < -0.39 is 0 Å². The highest BCUT2D eigenvalue weighted by Crippen LogP contribution is 2.21. The van der Waals surface area contributed by atoms with Crippen LogP contribution in [-0.2, 0) is 17.8 Å². The van der Waals surface area contributed by atoms with Crippen LogP contribution in [0.15, 0.2) is 60.7 Å². The lowest BCUT2D eigenvalue weighted by atomic mass is 10.1. The molecule has 0 spiro atoms. The second kappa shape index (κ2) is 8.49. The van der Waals surface area contributed by atoms with Crippen LogP contribution in [0.2, 0.25) is 5.02 Å². The normalized spacial score (nSPS) is 13.3. The van der Waals surface area contributed by atoms with Gasteiger partial charge in [-0.2, -0.15) is 5.10 Å². The molecule has 0 unspecified atom stereocenters. The summed E-state index contributed by atoms with van der Waals surface area (Å²) in [6.07, 6.45) is 0.712. The van der Waals surface area contributed by atoms with Crippen molar-refractivity contribution in [2.24, 2.45) is 0 Å². The molecular weight excluding hydrogens is 388 g/mol. The molecule has 0 aliphatic carbocycles. The summed E-state index contributed by atoms with van der Waals surface area (Å²) < 4.78 is 1.72. The lowest BCUT2D eigenvalue weighted by molar-refractivity contribution is -0.121. The molecule has 2 aromatic carbocycles. The summed E-state index contributed by atoms with van der Waals surface area (Å²) in [5.41, 5.74) is 3.35. The maximum absolute atomic E-state index is 12.8. The van der Waals surface area contributed by atoms with Crippen molar-refractivity contribution in [3.63, 3.8) is 0 Å². The molecule has 1 aromatic heterocycles. The van der Waals surface area contributed by atoms with Gasteiger partial charge in [-0.05, 0) is 30.2 Å². The van der Waals surface area contributed by atoms with Gasteiger partial charge in [0.25, 0.3) is 5.91 Å². The van der Waals surface area contributed by atoms with Gasteiger partial charge in [-0.25, -0.2) is 0 Å². The second-order valence-electron chi connectivity index (χ2n) is 6.96. The van der Waals surface area contributed by atoms with Crippen molar-refractivity contribution in [3.05, 3.63) is 76.9 Å². The number of halogens is 1. The topological polar surface area (TPSA) is 67.2 Å². The SMILES string of the molecule is O=C(CN1CCn2nc(-c3ccccc3)cc2C1=O)NCCc1ccc(Cl)cc1. The van der Waals surface area contributed by atoms with Crippen LogP contribution < -0.4 is 5.32 Å². The third-order valence-corrected chi connectivity index (χ3v) is 5.17. The zero-order chi connectivity index (χ0) is 20.2. The Kier molecular flexibility index (Phi) is 5.62. The molecule has 1 aliphatic rings. The smallest absolute Gasteiger partial charge is 0.272 e. The maximum atomic E-state index is 12.8. The number of fused-ring (bicyclic) bond motifs is 1. The number of rotatable bonds is 6. The number of nitrogens with one attached hydrogen (secondary N) is 1. The van der Waals surface area contributed by atoms with Crippen molar-refractivity contribution in [1.29, 1.82) is 0 Å². The number of carbonyl (C=O) groups is 2. The molecule has 0 saturated heterocycles. The second-order valence-corrected chi connectivity index (χ2v) is 7.39. The minimum Gasteiger partial charge on any atom is -0.354 e. The van der Waals surface area contributed by atoms with Gasteiger partial charge in [-0.3, -0.25) is 14.3 Å². The van der Waals surface area contributed by atoms with E-state index >= 15 is 0 Å². The standard InChI is InChI=1S/C22H21ClN4O2/c23-18-8-6-16(7-9-18)10-11-24-21(28)15-26-12-13-27-20(22(26)29)14-19(25-27)17-4-2-1-3-5-17/h1-9,14H,10-13,15H2,(H,24,28). The fourth-order valence-electron chi connectivity index (χ4n) is 3.37. The first-order chi connectivity index (χ1) is 14.1. The van der Waals surface area contributed by atoms with Gasteiger partial charge < -0.3 is 10.2 Å². The van der Waals surface area contributed by atoms with Gasteiger partial charge in [-0.1, -0.05) is 54.1 Å². The molecule has 1 N–H and O–H groups in total. The average molecular weight is 409 g/mol. The van der Waals surface area contributed by atoms with E-state index in [2.05, 4.69) is 10.4 Å². The van der Waals surface area contributed by atoms with Crippen LogP contribution >= 0.6 is 11.6 Å². The van der Waals surface area contributed by atoms with Crippen LogP contribution in [0.1, 0.15) is 16.1 Å². The summed E-state index contributed by atoms with van der Waals surface area (Å²) in [4.78, 5) is 26.7. The van der Waals surface area contributed by atoms with Crippen LogP contribution in [0.5, 0.6) is 0 Å². The molecule has 3 aromatic rings. The molecule has 0 bridgehead atoms. The highest BCUT2D eigenvalue weighted by molar-refractivity contribution is 6.30. The van der Waals surface area contributed by atoms with Crippen molar-refractivity contribution < 1.29 is 9.59 Å². The van der Waals surface area contributed by atoms with Crippen LogP contribution in [-0.4, -0.2) is 46.1 Å². The van der Waals surface area contributed by atoms with E-state index in [1.807, 2.05) is 54.6 Å². The first-order valence-corrected chi connectivity index (χ1v) is 9.91. The molecule has 1 aliphatic heterocycles. The third kappa shape index (κ3) is 4.49. The van der Waals surface area contributed by atoms with E-state index in [0.29, 0.717) is 36.8 Å².